The molecule has 0 aromatic heterocycles. The van der Waals surface area contributed by atoms with Gasteiger partial charge >= 0.3 is 5.97 Å². The van der Waals surface area contributed by atoms with Crippen LogP contribution >= 0.6 is 0 Å². The molecule has 0 amide bonds. The highest BCUT2D eigenvalue weighted by molar-refractivity contribution is 7.89. The van der Waals surface area contributed by atoms with Crippen LogP contribution < -0.4 is 4.90 Å². The van der Waals surface area contributed by atoms with E-state index in [2.05, 4.69) is 0 Å². The summed E-state index contributed by atoms with van der Waals surface area (Å²) >= 11 is 0. The number of benzene rings is 1. The minimum Gasteiger partial charge on any atom is -0.481 e. The average Bonchev–Trinajstić information content (AvgIpc) is 2.82. The van der Waals surface area contributed by atoms with Crippen LogP contribution in [0.15, 0.2) is 23.1 Å². The monoisotopic (exact) mass is 383 g/mol. The van der Waals surface area contributed by atoms with E-state index in [9.17, 15) is 23.3 Å². The molecule has 0 spiro atoms. The van der Waals surface area contributed by atoms with E-state index in [-0.39, 0.29) is 29.4 Å². The Morgan fingerprint density at radius 1 is 1.15 bits per heavy atom. The predicted octanol–water partition coefficient (Wildman–Crippen LogP) is 1.68. The van der Waals surface area contributed by atoms with E-state index in [1.165, 1.54) is 16.4 Å². The number of hydrogen-bond donors (Lipinski definition) is 1. The van der Waals surface area contributed by atoms with Crippen molar-refractivity contribution >= 4 is 27.4 Å². The van der Waals surface area contributed by atoms with E-state index < -0.39 is 26.8 Å². The Morgan fingerprint density at radius 2 is 1.77 bits per heavy atom. The molecule has 0 saturated carbocycles. The SMILES string of the molecule is O=C(O)C1CN(c2ccc(S(=O)(=O)N3CCCCCC3)cc2[N+](=O)[O-])C1. The lowest BCUT2D eigenvalue weighted by molar-refractivity contribution is -0.384. The van der Waals surface area contributed by atoms with Crippen molar-refractivity contribution in [1.82, 2.24) is 4.31 Å². The Kier molecular flexibility index (Phi) is 5.15. The molecule has 2 heterocycles. The van der Waals surface area contributed by atoms with Gasteiger partial charge < -0.3 is 10.0 Å². The largest absolute Gasteiger partial charge is 0.481 e. The molecule has 2 saturated heterocycles. The molecule has 2 aliphatic heterocycles. The van der Waals surface area contributed by atoms with Gasteiger partial charge in [0.2, 0.25) is 10.0 Å². The molecule has 1 N–H and O–H groups in total. The maximum absolute atomic E-state index is 12.8. The number of carboxylic acid groups (broad SMARTS) is 1. The summed E-state index contributed by atoms with van der Waals surface area (Å²) < 4.78 is 27.1. The van der Waals surface area contributed by atoms with Gasteiger partial charge in [-0.3, -0.25) is 14.9 Å². The first kappa shape index (κ1) is 18.6. The number of anilines is 1. The molecule has 0 atom stereocenters. The minimum absolute atomic E-state index is 0.0924. The first-order valence-corrected chi connectivity index (χ1v) is 10.0. The van der Waals surface area contributed by atoms with Crippen molar-refractivity contribution in [3.63, 3.8) is 0 Å². The first-order chi connectivity index (χ1) is 12.3. The molecular formula is C16H21N3O6S. The fourth-order valence-electron chi connectivity index (χ4n) is 3.34. The Morgan fingerprint density at radius 3 is 2.31 bits per heavy atom. The summed E-state index contributed by atoms with van der Waals surface area (Å²) in [6, 6.07) is 3.86. The highest BCUT2D eigenvalue weighted by Gasteiger charge is 2.36. The Bertz CT molecular complexity index is 811. The summed E-state index contributed by atoms with van der Waals surface area (Å²) in [5, 5.41) is 20.4. The molecule has 10 heteroatoms. The van der Waals surface area contributed by atoms with Gasteiger partial charge in [0.25, 0.3) is 5.69 Å². The van der Waals surface area contributed by atoms with Crippen molar-refractivity contribution in [2.75, 3.05) is 31.1 Å². The summed E-state index contributed by atoms with van der Waals surface area (Å²) in [5.74, 6) is -1.50. The molecule has 0 radical (unpaired) electrons. The van der Waals surface area contributed by atoms with E-state index in [0.717, 1.165) is 31.7 Å². The molecule has 142 valence electrons. The number of nitro benzene ring substituents is 1. The third-order valence-corrected chi connectivity index (χ3v) is 6.81. The molecule has 1 aromatic carbocycles. The summed E-state index contributed by atoms with van der Waals surface area (Å²) in [4.78, 5) is 23.2. The van der Waals surface area contributed by atoms with Gasteiger partial charge in [-0.05, 0) is 25.0 Å². The molecular weight excluding hydrogens is 362 g/mol. The molecule has 2 fully saturated rings. The van der Waals surface area contributed by atoms with Gasteiger partial charge in [0.1, 0.15) is 5.69 Å². The van der Waals surface area contributed by atoms with Crippen LogP contribution in [0.25, 0.3) is 0 Å². The second-order valence-electron chi connectivity index (χ2n) is 6.67. The molecule has 2 aliphatic rings. The highest BCUT2D eigenvalue weighted by atomic mass is 32.2. The zero-order chi connectivity index (χ0) is 18.9. The van der Waals surface area contributed by atoms with Gasteiger partial charge in [-0.25, -0.2) is 8.42 Å². The number of sulfonamides is 1. The fraction of sp³-hybridized carbons (Fsp3) is 0.562. The quantitative estimate of drug-likeness (QED) is 0.606. The lowest BCUT2D eigenvalue weighted by Gasteiger charge is -2.38. The maximum atomic E-state index is 12.8. The summed E-state index contributed by atoms with van der Waals surface area (Å²) in [7, 11) is -3.78. The Labute approximate surface area is 151 Å². The summed E-state index contributed by atoms with van der Waals surface area (Å²) in [6.07, 6.45) is 3.52. The van der Waals surface area contributed by atoms with Crippen molar-refractivity contribution in [1.29, 1.82) is 0 Å². The second-order valence-corrected chi connectivity index (χ2v) is 8.60. The van der Waals surface area contributed by atoms with Crippen LogP contribution in [-0.4, -0.2) is 54.9 Å². The van der Waals surface area contributed by atoms with Crippen LogP contribution in [0.1, 0.15) is 25.7 Å². The number of hydrogen-bond acceptors (Lipinski definition) is 6. The van der Waals surface area contributed by atoms with Gasteiger partial charge in [0.15, 0.2) is 0 Å². The van der Waals surface area contributed by atoms with Gasteiger partial charge in [-0.2, -0.15) is 4.31 Å². The van der Waals surface area contributed by atoms with Gasteiger partial charge in [0, 0.05) is 32.2 Å². The second kappa shape index (κ2) is 7.20. The number of carboxylic acids is 1. The minimum atomic E-state index is -3.78. The maximum Gasteiger partial charge on any atom is 0.310 e. The number of carbonyl (C=O) groups is 1. The van der Waals surface area contributed by atoms with Crippen molar-refractivity contribution in [2.24, 2.45) is 5.92 Å². The Hall–Kier alpha value is -2.20. The van der Waals surface area contributed by atoms with Gasteiger partial charge in [0.05, 0.1) is 15.7 Å². The van der Waals surface area contributed by atoms with E-state index in [1.807, 2.05) is 0 Å². The molecule has 9 nitrogen and oxygen atoms in total. The molecule has 0 aliphatic carbocycles. The molecule has 26 heavy (non-hydrogen) atoms. The summed E-state index contributed by atoms with van der Waals surface area (Å²) in [5.41, 5.74) is -0.0629. The molecule has 0 unspecified atom stereocenters. The van der Waals surface area contributed by atoms with Crippen LogP contribution in [0, 0.1) is 16.0 Å². The van der Waals surface area contributed by atoms with E-state index in [0.29, 0.717) is 13.1 Å². The third kappa shape index (κ3) is 3.51. The number of nitrogens with zero attached hydrogens (tertiary/aromatic N) is 3. The molecule has 1 aromatic rings. The zero-order valence-corrected chi connectivity index (χ0v) is 15.0. The number of aliphatic carboxylic acids is 1. The van der Waals surface area contributed by atoms with E-state index in [4.69, 9.17) is 5.11 Å². The molecule has 3 rings (SSSR count). The number of nitro groups is 1. The topological polar surface area (TPSA) is 121 Å². The third-order valence-electron chi connectivity index (χ3n) is 4.92. The zero-order valence-electron chi connectivity index (χ0n) is 14.2. The summed E-state index contributed by atoms with van der Waals surface area (Å²) in [6.45, 7) is 1.19. The van der Waals surface area contributed by atoms with Gasteiger partial charge in [-0.15, -0.1) is 0 Å². The lowest BCUT2D eigenvalue weighted by Crippen LogP contribution is -2.50. The van der Waals surface area contributed by atoms with Crippen molar-refractivity contribution in [3.8, 4) is 0 Å². The normalized spacial score (nSPS) is 19.6. The average molecular weight is 383 g/mol. The van der Waals surface area contributed by atoms with Crippen LogP contribution in [0.4, 0.5) is 11.4 Å². The van der Waals surface area contributed by atoms with Crippen LogP contribution in [0.3, 0.4) is 0 Å². The highest BCUT2D eigenvalue weighted by Crippen LogP contribution is 2.35. The van der Waals surface area contributed by atoms with Crippen LogP contribution in [0.2, 0.25) is 0 Å². The number of rotatable bonds is 5. The lowest BCUT2D eigenvalue weighted by atomic mass is 9.99. The predicted molar refractivity (Wildman–Crippen MR) is 93.7 cm³/mol. The van der Waals surface area contributed by atoms with Crippen LogP contribution in [0.5, 0.6) is 0 Å². The van der Waals surface area contributed by atoms with Crippen LogP contribution in [-0.2, 0) is 14.8 Å². The standard InChI is InChI=1S/C16H21N3O6S/c20-16(21)12-10-17(11-12)14-6-5-13(9-15(14)19(22)23)26(24,25)18-7-3-1-2-4-8-18/h5-6,9,12H,1-4,7-8,10-11H2,(H,20,21). The van der Waals surface area contributed by atoms with E-state index >= 15 is 0 Å². The van der Waals surface area contributed by atoms with Gasteiger partial charge in [-0.1, -0.05) is 12.8 Å². The van der Waals surface area contributed by atoms with Crippen molar-refractivity contribution in [3.05, 3.63) is 28.3 Å². The first-order valence-electron chi connectivity index (χ1n) is 8.57. The molecule has 0 bridgehead atoms. The Balaban J connectivity index is 1.89. The van der Waals surface area contributed by atoms with Crippen molar-refractivity contribution < 1.29 is 23.2 Å². The van der Waals surface area contributed by atoms with Crippen molar-refractivity contribution in [2.45, 2.75) is 30.6 Å². The fourth-order valence-corrected chi connectivity index (χ4v) is 4.88. The van der Waals surface area contributed by atoms with E-state index in [1.54, 1.807) is 4.90 Å². The smallest absolute Gasteiger partial charge is 0.310 e.